The number of likely N-dealkylation sites (N-methyl/N-ethyl adjacent to an activating group) is 1. The Morgan fingerprint density at radius 2 is 1.94 bits per heavy atom. The molecular weight excluding hydrogens is 436 g/mol. The van der Waals surface area contributed by atoms with Gasteiger partial charge in [0.2, 0.25) is 0 Å². The number of carbonyl (C=O) groups is 1. The molecule has 34 heavy (non-hydrogen) atoms. The molecule has 1 heterocycles. The van der Waals surface area contributed by atoms with Crippen LogP contribution in [0.3, 0.4) is 0 Å². The summed E-state index contributed by atoms with van der Waals surface area (Å²) in [4.78, 5) is 16.0. The molecule has 1 N–H and O–H groups in total. The maximum Gasteiger partial charge on any atom is 0.410 e. The highest BCUT2D eigenvalue weighted by atomic mass is 19.2. The Morgan fingerprint density at radius 1 is 1.21 bits per heavy atom. The highest BCUT2D eigenvalue weighted by Crippen LogP contribution is 2.34. The van der Waals surface area contributed by atoms with E-state index in [9.17, 15) is 13.6 Å². The molecule has 7 heteroatoms. The molecule has 0 aromatic carbocycles. The predicted octanol–water partition coefficient (Wildman–Crippen LogP) is 6.39. The second kappa shape index (κ2) is 13.4. The Kier molecular flexibility index (Phi) is 10.9. The minimum Gasteiger partial charge on any atom is -0.450 e. The average Bonchev–Trinajstić information content (AvgIpc) is 2.78. The second-order valence-corrected chi connectivity index (χ2v) is 9.50. The van der Waals surface area contributed by atoms with Gasteiger partial charge in [-0.25, -0.2) is 13.6 Å². The lowest BCUT2D eigenvalue weighted by molar-refractivity contribution is 0.110. The first kappa shape index (κ1) is 27.7. The van der Waals surface area contributed by atoms with Gasteiger partial charge in [0.1, 0.15) is 0 Å². The molecule has 0 saturated heterocycles. The van der Waals surface area contributed by atoms with E-state index in [1.165, 1.54) is 23.4 Å². The van der Waals surface area contributed by atoms with E-state index < -0.39 is 11.7 Å². The monoisotopic (exact) mass is 477 g/mol. The number of amides is 1. The van der Waals surface area contributed by atoms with Gasteiger partial charge in [-0.1, -0.05) is 44.9 Å². The molecule has 0 saturated carbocycles. The van der Waals surface area contributed by atoms with Gasteiger partial charge in [-0.2, -0.15) is 0 Å². The molecular formula is C27H41F2N3O2. The molecule has 1 aliphatic carbocycles. The second-order valence-electron chi connectivity index (χ2n) is 9.50. The summed E-state index contributed by atoms with van der Waals surface area (Å²) in [6.07, 6.45) is 12.5. The Labute approximate surface area is 203 Å². The van der Waals surface area contributed by atoms with E-state index in [0.717, 1.165) is 25.8 Å². The highest BCUT2D eigenvalue weighted by molar-refractivity contribution is 5.68. The van der Waals surface area contributed by atoms with Gasteiger partial charge in [0.15, 0.2) is 11.7 Å². The standard InChI is InChI=1S/C27H41F2N3O2/c1-6-15-27(3,4)25(12-16-30-22-10-8-9-11-23(28)24(29)19-22)31(5)20-21-13-17-32(18-14-21)26(33)34-7-2/h10-13,19,30H,6-9,14-18,20H2,1-5H3/b22-10?,23-11-,24-19?,25-12+. The van der Waals surface area contributed by atoms with Crippen LogP contribution in [0.5, 0.6) is 0 Å². The van der Waals surface area contributed by atoms with E-state index in [1.54, 1.807) is 4.90 Å². The van der Waals surface area contributed by atoms with Crippen molar-refractivity contribution in [2.75, 3.05) is 39.8 Å². The molecule has 0 fully saturated rings. The third-order valence-corrected chi connectivity index (χ3v) is 6.22. The zero-order valence-electron chi connectivity index (χ0n) is 21.4. The molecule has 190 valence electrons. The Bertz CT molecular complexity index is 856. The van der Waals surface area contributed by atoms with Crippen molar-refractivity contribution in [1.29, 1.82) is 0 Å². The van der Waals surface area contributed by atoms with Gasteiger partial charge in [-0.05, 0) is 50.8 Å². The molecule has 1 aliphatic heterocycles. The molecule has 0 spiro atoms. The van der Waals surface area contributed by atoms with Crippen molar-refractivity contribution in [2.45, 2.75) is 59.8 Å². The Morgan fingerprint density at radius 3 is 2.59 bits per heavy atom. The Hall–Kier alpha value is -2.57. The lowest BCUT2D eigenvalue weighted by atomic mass is 9.83. The predicted molar refractivity (Wildman–Crippen MR) is 134 cm³/mol. The van der Waals surface area contributed by atoms with Crippen molar-refractivity contribution >= 4 is 6.09 Å². The molecule has 0 aromatic heterocycles. The first-order valence-electron chi connectivity index (χ1n) is 12.4. The molecule has 0 bridgehead atoms. The summed E-state index contributed by atoms with van der Waals surface area (Å²) in [7, 11) is 2.09. The SMILES string of the molecule is CCCC(C)(C)/C(=C\CNC1=CCC/C=C(\F)C(F)=C1)N(C)CC1=CCN(C(=O)OCC)CC1. The van der Waals surface area contributed by atoms with Gasteiger partial charge in [-0.3, -0.25) is 0 Å². The zero-order valence-corrected chi connectivity index (χ0v) is 21.4. The average molecular weight is 478 g/mol. The van der Waals surface area contributed by atoms with Crippen LogP contribution in [0.4, 0.5) is 13.6 Å². The number of hydrogen-bond donors (Lipinski definition) is 1. The first-order chi connectivity index (χ1) is 16.2. The van der Waals surface area contributed by atoms with Crippen LogP contribution in [0.2, 0.25) is 0 Å². The fourth-order valence-electron chi connectivity index (χ4n) is 4.53. The number of allylic oxidation sites excluding steroid dienone is 6. The van der Waals surface area contributed by atoms with Crippen LogP contribution in [0, 0.1) is 5.41 Å². The summed E-state index contributed by atoms with van der Waals surface area (Å²) in [5.41, 5.74) is 3.06. The van der Waals surface area contributed by atoms with E-state index in [2.05, 4.69) is 50.2 Å². The van der Waals surface area contributed by atoms with Crippen molar-refractivity contribution in [2.24, 2.45) is 5.41 Å². The van der Waals surface area contributed by atoms with E-state index >= 15 is 0 Å². The summed E-state index contributed by atoms with van der Waals surface area (Å²) < 4.78 is 32.7. The summed E-state index contributed by atoms with van der Waals surface area (Å²) in [5, 5.41) is 3.25. The molecule has 2 aliphatic rings. The van der Waals surface area contributed by atoms with Crippen LogP contribution >= 0.6 is 0 Å². The molecule has 0 atom stereocenters. The number of hydrogen-bond acceptors (Lipinski definition) is 4. The van der Waals surface area contributed by atoms with Crippen LogP contribution in [-0.2, 0) is 4.74 Å². The lowest BCUT2D eigenvalue weighted by Gasteiger charge is -2.37. The normalized spacial score (nSPS) is 19.1. The van der Waals surface area contributed by atoms with Crippen LogP contribution < -0.4 is 5.32 Å². The number of nitrogens with one attached hydrogen (secondary N) is 1. The van der Waals surface area contributed by atoms with Gasteiger partial charge in [0, 0.05) is 50.0 Å². The molecule has 5 nitrogen and oxygen atoms in total. The number of nitrogens with zero attached hydrogens (tertiary/aromatic N) is 2. The summed E-state index contributed by atoms with van der Waals surface area (Å²) in [6.45, 7) is 11.4. The molecule has 0 unspecified atom stereocenters. The van der Waals surface area contributed by atoms with E-state index in [4.69, 9.17) is 4.74 Å². The third-order valence-electron chi connectivity index (χ3n) is 6.22. The zero-order chi connectivity index (χ0) is 25.1. The molecule has 1 amide bonds. The fourth-order valence-corrected chi connectivity index (χ4v) is 4.53. The van der Waals surface area contributed by atoms with Crippen LogP contribution in [-0.4, -0.2) is 55.7 Å². The summed E-state index contributed by atoms with van der Waals surface area (Å²) in [6, 6.07) is 0. The van der Waals surface area contributed by atoms with E-state index in [0.29, 0.717) is 44.8 Å². The number of halogens is 2. The van der Waals surface area contributed by atoms with Crippen LogP contribution in [0.25, 0.3) is 0 Å². The minimum atomic E-state index is -0.841. The van der Waals surface area contributed by atoms with Crippen molar-refractivity contribution in [3.8, 4) is 0 Å². The van der Waals surface area contributed by atoms with Gasteiger partial charge >= 0.3 is 6.09 Å². The first-order valence-corrected chi connectivity index (χ1v) is 12.4. The van der Waals surface area contributed by atoms with E-state index in [-0.39, 0.29) is 11.5 Å². The van der Waals surface area contributed by atoms with Crippen LogP contribution in [0.1, 0.15) is 59.8 Å². The van der Waals surface area contributed by atoms with Crippen molar-refractivity contribution in [1.82, 2.24) is 15.1 Å². The van der Waals surface area contributed by atoms with E-state index in [1.807, 2.05) is 13.0 Å². The van der Waals surface area contributed by atoms with Gasteiger partial charge in [-0.15, -0.1) is 0 Å². The van der Waals surface area contributed by atoms with Crippen molar-refractivity contribution in [3.63, 3.8) is 0 Å². The van der Waals surface area contributed by atoms with Crippen molar-refractivity contribution in [3.05, 3.63) is 59.0 Å². The topological polar surface area (TPSA) is 44.8 Å². The Balaban J connectivity index is 2.09. The van der Waals surface area contributed by atoms with Gasteiger partial charge in [0.25, 0.3) is 0 Å². The van der Waals surface area contributed by atoms with Gasteiger partial charge < -0.3 is 19.9 Å². The smallest absolute Gasteiger partial charge is 0.410 e. The summed E-state index contributed by atoms with van der Waals surface area (Å²) >= 11 is 0. The van der Waals surface area contributed by atoms with Gasteiger partial charge in [0.05, 0.1) is 6.61 Å². The largest absolute Gasteiger partial charge is 0.450 e. The fraction of sp³-hybridized carbons (Fsp3) is 0.593. The molecule has 0 aromatic rings. The lowest BCUT2D eigenvalue weighted by Crippen LogP contribution is -2.37. The number of ether oxygens (including phenoxy) is 1. The summed E-state index contributed by atoms with van der Waals surface area (Å²) in [5.74, 6) is -1.64. The molecule has 0 radical (unpaired) electrons. The third kappa shape index (κ3) is 8.33. The maximum absolute atomic E-state index is 13.9. The number of carbonyl (C=O) groups excluding carboxylic acids is 1. The minimum absolute atomic E-state index is 0.0391. The van der Waals surface area contributed by atoms with Crippen molar-refractivity contribution < 1.29 is 18.3 Å². The quantitative estimate of drug-likeness (QED) is 0.370. The number of rotatable bonds is 10. The maximum atomic E-state index is 13.9. The highest BCUT2D eigenvalue weighted by Gasteiger charge is 2.26. The van der Waals surface area contributed by atoms with Crippen LogP contribution in [0.15, 0.2) is 59.0 Å². The molecule has 2 rings (SSSR count).